The Morgan fingerprint density at radius 1 is 0.288 bits per heavy atom. The lowest BCUT2D eigenvalue weighted by molar-refractivity contribution is 0.665. The van der Waals surface area contributed by atoms with Gasteiger partial charge in [-0.1, -0.05) is 109 Å². The summed E-state index contributed by atoms with van der Waals surface area (Å²) in [5, 5.41) is 9.33. The molecule has 0 spiro atoms. The monoisotopic (exact) mass is 664 g/mol. The van der Waals surface area contributed by atoms with Crippen molar-refractivity contribution in [2.75, 3.05) is 0 Å². The zero-order chi connectivity index (χ0) is 33.9. The molecule has 0 saturated heterocycles. The number of furan rings is 2. The van der Waals surface area contributed by atoms with Gasteiger partial charge in [0, 0.05) is 65.6 Å². The van der Waals surface area contributed by atoms with Crippen LogP contribution in [-0.2, 0) is 0 Å². The summed E-state index contributed by atoms with van der Waals surface area (Å²) >= 11 is 0. The molecule has 52 heavy (non-hydrogen) atoms. The van der Waals surface area contributed by atoms with Crippen LogP contribution in [0.5, 0.6) is 0 Å². The van der Waals surface area contributed by atoms with E-state index in [4.69, 9.17) is 8.83 Å². The van der Waals surface area contributed by atoms with Crippen molar-refractivity contribution < 1.29 is 8.83 Å². The zero-order valence-corrected chi connectivity index (χ0v) is 27.9. The maximum Gasteiger partial charge on any atom is 0.143 e. The van der Waals surface area contributed by atoms with Crippen LogP contribution in [0.3, 0.4) is 0 Å². The van der Waals surface area contributed by atoms with Crippen molar-refractivity contribution in [1.82, 2.24) is 9.13 Å². The van der Waals surface area contributed by atoms with Crippen LogP contribution in [0.1, 0.15) is 0 Å². The lowest BCUT2D eigenvalue weighted by atomic mass is 10.00. The molecule has 0 saturated carbocycles. The van der Waals surface area contributed by atoms with E-state index in [0.29, 0.717) is 0 Å². The topological polar surface area (TPSA) is 36.1 Å². The Hall–Kier alpha value is -7.04. The molecule has 0 fully saturated rings. The molecule has 0 atom stereocenters. The highest BCUT2D eigenvalue weighted by molar-refractivity contribution is 6.16. The predicted molar refractivity (Wildman–Crippen MR) is 215 cm³/mol. The standard InChI is InChI=1S/C48H28N2O2/c1-5-19-41-31(11-1)32-12-2-6-20-42(32)49(41)29-23-25-45-39(27-29)37-17-9-15-35(47(37)51-45)36-16-10-18-38-40-28-30(24-26-46(40)52-48(36)38)50-43-21-7-3-13-33(43)34-14-4-8-22-44(34)50/h1-28H. The number of para-hydroxylation sites is 6. The minimum absolute atomic E-state index is 0.857. The van der Waals surface area contributed by atoms with Gasteiger partial charge >= 0.3 is 0 Å². The summed E-state index contributed by atoms with van der Waals surface area (Å²) in [6, 6.07) is 60.4. The third kappa shape index (κ3) is 3.70. The molecule has 4 aromatic heterocycles. The van der Waals surface area contributed by atoms with Gasteiger partial charge in [-0.3, -0.25) is 0 Å². The van der Waals surface area contributed by atoms with Crippen LogP contribution in [0.2, 0.25) is 0 Å². The zero-order valence-electron chi connectivity index (χ0n) is 27.9. The van der Waals surface area contributed by atoms with E-state index >= 15 is 0 Å². The van der Waals surface area contributed by atoms with E-state index in [2.05, 4.69) is 179 Å². The van der Waals surface area contributed by atoms with Gasteiger partial charge in [-0.05, 0) is 60.7 Å². The summed E-state index contributed by atoms with van der Waals surface area (Å²) in [4.78, 5) is 0. The maximum atomic E-state index is 6.70. The van der Waals surface area contributed by atoms with Gasteiger partial charge in [0.25, 0.3) is 0 Å². The van der Waals surface area contributed by atoms with Gasteiger partial charge in [-0.15, -0.1) is 0 Å². The highest BCUT2D eigenvalue weighted by atomic mass is 16.3. The van der Waals surface area contributed by atoms with Gasteiger partial charge < -0.3 is 18.0 Å². The van der Waals surface area contributed by atoms with E-state index in [1.807, 2.05) is 0 Å². The van der Waals surface area contributed by atoms with E-state index < -0.39 is 0 Å². The van der Waals surface area contributed by atoms with Crippen LogP contribution in [-0.4, -0.2) is 9.13 Å². The molecule has 0 N–H and O–H groups in total. The molecule has 0 aliphatic rings. The Morgan fingerprint density at radius 2 is 0.635 bits per heavy atom. The van der Waals surface area contributed by atoms with E-state index in [-0.39, 0.29) is 0 Å². The van der Waals surface area contributed by atoms with E-state index in [9.17, 15) is 0 Å². The molecule has 0 aliphatic heterocycles. The molecule has 4 nitrogen and oxygen atoms in total. The number of hydrogen-bond acceptors (Lipinski definition) is 2. The van der Waals surface area contributed by atoms with Crippen molar-refractivity contribution in [3.8, 4) is 22.5 Å². The quantitative estimate of drug-likeness (QED) is 0.188. The molecule has 0 amide bonds. The van der Waals surface area contributed by atoms with Crippen molar-refractivity contribution in [2.45, 2.75) is 0 Å². The number of aromatic nitrogens is 2. The SMILES string of the molecule is c1cc(-c2cccc3c2oc2ccc(-n4c5ccccc5c5ccccc54)cc23)c2oc3ccc(-n4c5ccccc5c5ccccc54)cc3c2c1. The first kappa shape index (κ1) is 27.7. The van der Waals surface area contributed by atoms with Gasteiger partial charge in [0.1, 0.15) is 22.3 Å². The first-order chi connectivity index (χ1) is 25.8. The van der Waals surface area contributed by atoms with Gasteiger partial charge in [-0.25, -0.2) is 0 Å². The average Bonchev–Trinajstić information content (AvgIpc) is 3.95. The molecule has 8 aromatic carbocycles. The van der Waals surface area contributed by atoms with E-state index in [0.717, 1.165) is 66.4 Å². The molecule has 0 aliphatic carbocycles. The summed E-state index contributed by atoms with van der Waals surface area (Å²) in [5.41, 5.74) is 12.4. The van der Waals surface area contributed by atoms with Gasteiger partial charge in [0.2, 0.25) is 0 Å². The van der Waals surface area contributed by atoms with Crippen molar-refractivity contribution >= 4 is 87.5 Å². The number of benzene rings is 8. The molecule has 0 unspecified atom stereocenters. The van der Waals surface area contributed by atoms with Crippen LogP contribution in [0.4, 0.5) is 0 Å². The fourth-order valence-electron chi connectivity index (χ4n) is 8.68. The van der Waals surface area contributed by atoms with Gasteiger partial charge in [-0.2, -0.15) is 0 Å². The molecule has 242 valence electrons. The maximum absolute atomic E-state index is 6.70. The van der Waals surface area contributed by atoms with Crippen molar-refractivity contribution in [2.24, 2.45) is 0 Å². The largest absolute Gasteiger partial charge is 0.455 e. The van der Waals surface area contributed by atoms with Crippen LogP contribution in [0, 0.1) is 0 Å². The summed E-state index contributed by atoms with van der Waals surface area (Å²) in [6.07, 6.45) is 0. The Balaban J connectivity index is 1.04. The molecule has 4 heterocycles. The fraction of sp³-hybridized carbons (Fsp3) is 0. The third-order valence-electron chi connectivity index (χ3n) is 10.9. The summed E-state index contributed by atoms with van der Waals surface area (Å²) < 4.78 is 18.1. The van der Waals surface area contributed by atoms with Crippen molar-refractivity contribution in [1.29, 1.82) is 0 Å². The lowest BCUT2D eigenvalue weighted by Gasteiger charge is -2.08. The number of nitrogens with zero attached hydrogens (tertiary/aromatic N) is 2. The number of hydrogen-bond donors (Lipinski definition) is 0. The van der Waals surface area contributed by atoms with Crippen LogP contribution in [0.15, 0.2) is 179 Å². The van der Waals surface area contributed by atoms with Crippen molar-refractivity contribution in [3.63, 3.8) is 0 Å². The molecule has 4 heteroatoms. The molecule has 0 bridgehead atoms. The highest BCUT2D eigenvalue weighted by Gasteiger charge is 2.20. The normalized spacial score (nSPS) is 12.2. The Kier molecular flexibility index (Phi) is 5.47. The average molecular weight is 665 g/mol. The van der Waals surface area contributed by atoms with Gasteiger partial charge in [0.05, 0.1) is 22.1 Å². The second-order valence-corrected chi connectivity index (χ2v) is 13.7. The summed E-state index contributed by atoms with van der Waals surface area (Å²) in [6.45, 7) is 0. The first-order valence-electron chi connectivity index (χ1n) is 17.7. The highest BCUT2D eigenvalue weighted by Crippen LogP contribution is 2.43. The molecule has 0 radical (unpaired) electrons. The van der Waals surface area contributed by atoms with Crippen molar-refractivity contribution in [3.05, 3.63) is 170 Å². The minimum atomic E-state index is 0.857. The van der Waals surface area contributed by atoms with Crippen LogP contribution in [0.25, 0.3) is 110 Å². The van der Waals surface area contributed by atoms with Crippen LogP contribution >= 0.6 is 0 Å². The van der Waals surface area contributed by atoms with E-state index in [1.165, 1.54) is 43.6 Å². The van der Waals surface area contributed by atoms with Gasteiger partial charge in [0.15, 0.2) is 0 Å². The second kappa shape index (κ2) is 10.3. The Labute approximate surface area is 296 Å². The summed E-state index contributed by atoms with van der Waals surface area (Å²) in [5.74, 6) is 0. The smallest absolute Gasteiger partial charge is 0.143 e. The number of fused-ring (bicyclic) bond motifs is 12. The Morgan fingerprint density at radius 3 is 1.02 bits per heavy atom. The molecule has 12 rings (SSSR count). The lowest BCUT2D eigenvalue weighted by Crippen LogP contribution is -1.93. The number of rotatable bonds is 3. The minimum Gasteiger partial charge on any atom is -0.455 e. The molecular formula is C48H28N2O2. The fourth-order valence-corrected chi connectivity index (χ4v) is 8.68. The Bertz CT molecular complexity index is 3090. The van der Waals surface area contributed by atoms with Crippen LogP contribution < -0.4 is 0 Å². The predicted octanol–water partition coefficient (Wildman–Crippen LogP) is 13.3. The molecular weight excluding hydrogens is 637 g/mol. The third-order valence-corrected chi connectivity index (χ3v) is 10.9. The summed E-state index contributed by atoms with van der Waals surface area (Å²) in [7, 11) is 0. The molecule has 12 aromatic rings. The van der Waals surface area contributed by atoms with E-state index in [1.54, 1.807) is 0 Å². The first-order valence-corrected chi connectivity index (χ1v) is 17.7. The second-order valence-electron chi connectivity index (χ2n) is 13.7.